The third kappa shape index (κ3) is 5.27. The number of hydrogen-bond donors (Lipinski definition) is 1. The molecular formula is C23H29ClF3N3O6S. The van der Waals surface area contributed by atoms with E-state index in [4.69, 9.17) is 16.3 Å². The first-order valence-corrected chi connectivity index (χ1v) is 13.8. The van der Waals surface area contributed by atoms with Crippen molar-refractivity contribution in [2.24, 2.45) is 5.41 Å². The van der Waals surface area contributed by atoms with E-state index in [1.807, 2.05) is 0 Å². The highest BCUT2D eigenvalue weighted by molar-refractivity contribution is 7.92. The lowest BCUT2D eigenvalue weighted by molar-refractivity contribution is -0.199. The summed E-state index contributed by atoms with van der Waals surface area (Å²) in [6, 6.07) is 2.80. The number of likely N-dealkylation sites (tertiary alicyclic amines) is 1. The number of methoxy groups -OCH3 is 1. The maximum absolute atomic E-state index is 13.5. The summed E-state index contributed by atoms with van der Waals surface area (Å²) in [4.78, 5) is 29.2. The number of sulfone groups is 1. The largest absolute Gasteiger partial charge is 0.480 e. The Balaban J connectivity index is 1.50. The molecule has 1 amide bonds. The van der Waals surface area contributed by atoms with Crippen molar-refractivity contribution in [1.29, 1.82) is 0 Å². The Bertz CT molecular complexity index is 1150. The number of carbonyl (C=O) groups excluding carboxylic acids is 1. The second-order valence-corrected chi connectivity index (χ2v) is 12.3. The number of nitrogens with zero attached hydrogens (tertiary/aromatic N) is 3. The molecule has 3 aliphatic rings. The number of carboxylic acids is 1. The smallest absolute Gasteiger partial charge is 0.403 e. The Labute approximate surface area is 218 Å². The summed E-state index contributed by atoms with van der Waals surface area (Å²) in [7, 11) is -2.60. The highest BCUT2D eigenvalue weighted by Gasteiger charge is 2.70. The maximum Gasteiger partial charge on any atom is 0.403 e. The average molecular weight is 568 g/mol. The van der Waals surface area contributed by atoms with Gasteiger partial charge in [0.2, 0.25) is 5.91 Å². The van der Waals surface area contributed by atoms with Gasteiger partial charge >= 0.3 is 12.1 Å². The molecule has 3 fully saturated rings. The SMILES string of the molecule is COCCN1CCN(c2ccc(S(=O)(=O)[C@@H]3C[C@@H](C(=O)O)N(C(=O)C4(C(F)(F)F)CC4)C3)c(Cl)c2)CC1. The van der Waals surface area contributed by atoms with E-state index in [9.17, 15) is 36.3 Å². The van der Waals surface area contributed by atoms with Crippen LogP contribution in [0.3, 0.4) is 0 Å². The second kappa shape index (κ2) is 10.2. The normalized spacial score (nSPS) is 24.4. The molecule has 2 atom stereocenters. The molecule has 0 unspecified atom stereocenters. The summed E-state index contributed by atoms with van der Waals surface area (Å²) < 4.78 is 72.4. The molecule has 1 aromatic carbocycles. The summed E-state index contributed by atoms with van der Waals surface area (Å²) in [5.74, 6) is -2.92. The van der Waals surface area contributed by atoms with Crippen molar-refractivity contribution in [3.63, 3.8) is 0 Å². The molecule has 0 bridgehead atoms. The monoisotopic (exact) mass is 567 g/mol. The van der Waals surface area contributed by atoms with E-state index in [0.29, 0.717) is 24.6 Å². The Morgan fingerprint density at radius 2 is 1.84 bits per heavy atom. The molecule has 0 radical (unpaired) electrons. The second-order valence-electron chi connectivity index (χ2n) is 9.73. The molecule has 0 aromatic heterocycles. The van der Waals surface area contributed by atoms with Crippen LogP contribution in [0.15, 0.2) is 23.1 Å². The minimum Gasteiger partial charge on any atom is -0.480 e. The van der Waals surface area contributed by atoms with Gasteiger partial charge in [-0.1, -0.05) is 11.6 Å². The molecule has 4 rings (SSSR count). The average Bonchev–Trinajstić information content (AvgIpc) is 3.54. The molecule has 2 heterocycles. The van der Waals surface area contributed by atoms with Gasteiger partial charge in [-0.3, -0.25) is 9.69 Å². The number of alkyl halides is 3. The molecule has 0 spiro atoms. The number of aliphatic carboxylic acids is 1. The molecule has 2 aliphatic heterocycles. The van der Waals surface area contributed by atoms with Gasteiger partial charge in [-0.25, -0.2) is 13.2 Å². The number of rotatable bonds is 8. The zero-order valence-electron chi connectivity index (χ0n) is 20.2. The third-order valence-electron chi connectivity index (χ3n) is 7.52. The quantitative estimate of drug-likeness (QED) is 0.510. The zero-order chi connectivity index (χ0) is 27.2. The van der Waals surface area contributed by atoms with Crippen molar-refractivity contribution in [3.8, 4) is 0 Å². The van der Waals surface area contributed by atoms with Gasteiger partial charge in [0.15, 0.2) is 9.84 Å². The third-order valence-corrected chi connectivity index (χ3v) is 10.1. The number of benzene rings is 1. The summed E-state index contributed by atoms with van der Waals surface area (Å²) in [5.41, 5.74) is -1.91. The van der Waals surface area contributed by atoms with Gasteiger partial charge in [0.1, 0.15) is 11.5 Å². The van der Waals surface area contributed by atoms with Gasteiger partial charge in [0, 0.05) is 52.1 Å². The topological polar surface area (TPSA) is 107 Å². The fourth-order valence-electron chi connectivity index (χ4n) is 5.05. The van der Waals surface area contributed by atoms with Gasteiger partial charge in [-0.2, -0.15) is 13.2 Å². The van der Waals surface area contributed by atoms with Gasteiger partial charge in [-0.05, 0) is 37.5 Å². The van der Waals surface area contributed by atoms with Gasteiger partial charge in [-0.15, -0.1) is 0 Å². The molecule has 1 aliphatic carbocycles. The van der Waals surface area contributed by atoms with E-state index in [-0.39, 0.29) is 9.92 Å². The molecule has 1 aromatic rings. The summed E-state index contributed by atoms with van der Waals surface area (Å²) in [5, 5.41) is 8.11. The van der Waals surface area contributed by atoms with Crippen LogP contribution in [0.1, 0.15) is 19.3 Å². The first kappa shape index (κ1) is 27.9. The van der Waals surface area contributed by atoms with Crippen LogP contribution in [-0.4, -0.2) is 106 Å². The standard InChI is InChI=1S/C23H29ClF3N3O6S/c1-36-11-10-28-6-8-29(9-7-28)15-2-3-19(17(24)12-15)37(34,35)16-13-18(20(31)32)30(14-16)21(33)22(4-5-22)23(25,26)27/h2-3,12,16,18H,4-11,13-14H2,1H3,(H,31,32)/t16-,18+/m1/s1. The number of hydrogen-bond acceptors (Lipinski definition) is 7. The van der Waals surface area contributed by atoms with Crippen molar-refractivity contribution in [2.75, 3.05) is 57.9 Å². The van der Waals surface area contributed by atoms with Crippen LogP contribution in [-0.2, 0) is 24.2 Å². The van der Waals surface area contributed by atoms with Crippen LogP contribution < -0.4 is 4.90 Å². The minimum absolute atomic E-state index is 0.0649. The first-order chi connectivity index (χ1) is 17.3. The lowest BCUT2D eigenvalue weighted by Crippen LogP contribution is -2.48. The van der Waals surface area contributed by atoms with E-state index < -0.39 is 70.4 Å². The molecular weight excluding hydrogens is 539 g/mol. The maximum atomic E-state index is 13.5. The predicted molar refractivity (Wildman–Crippen MR) is 128 cm³/mol. The van der Waals surface area contributed by atoms with Crippen LogP contribution in [0.4, 0.5) is 18.9 Å². The number of anilines is 1. The van der Waals surface area contributed by atoms with Crippen LogP contribution in [0.25, 0.3) is 0 Å². The van der Waals surface area contributed by atoms with E-state index in [1.165, 1.54) is 12.1 Å². The fourth-order valence-corrected chi connectivity index (χ4v) is 7.28. The van der Waals surface area contributed by atoms with Crippen molar-refractivity contribution in [1.82, 2.24) is 9.80 Å². The molecule has 1 N–H and O–H groups in total. The van der Waals surface area contributed by atoms with Crippen LogP contribution in [0.2, 0.25) is 5.02 Å². The van der Waals surface area contributed by atoms with E-state index in [2.05, 4.69) is 9.80 Å². The lowest BCUT2D eigenvalue weighted by atomic mass is 10.0. The van der Waals surface area contributed by atoms with Crippen molar-refractivity contribution >= 4 is 39.0 Å². The number of ether oxygens (including phenoxy) is 1. The highest BCUT2D eigenvalue weighted by Crippen LogP contribution is 2.59. The van der Waals surface area contributed by atoms with Crippen molar-refractivity contribution < 1.29 is 41.0 Å². The number of amides is 1. The highest BCUT2D eigenvalue weighted by atomic mass is 35.5. The fraction of sp³-hybridized carbons (Fsp3) is 0.652. The van der Waals surface area contributed by atoms with Crippen LogP contribution in [0, 0.1) is 5.41 Å². The number of carbonyl (C=O) groups is 2. The van der Waals surface area contributed by atoms with Gasteiger partial charge in [0.05, 0.1) is 21.8 Å². The minimum atomic E-state index is -4.83. The van der Waals surface area contributed by atoms with E-state index >= 15 is 0 Å². The zero-order valence-corrected chi connectivity index (χ0v) is 21.8. The lowest BCUT2D eigenvalue weighted by Gasteiger charge is -2.36. The first-order valence-electron chi connectivity index (χ1n) is 11.9. The van der Waals surface area contributed by atoms with Crippen molar-refractivity contribution in [3.05, 3.63) is 23.2 Å². The Kier molecular flexibility index (Phi) is 7.72. The van der Waals surface area contributed by atoms with E-state index in [1.54, 1.807) is 13.2 Å². The van der Waals surface area contributed by atoms with Gasteiger partial charge in [0.25, 0.3) is 0 Å². The summed E-state index contributed by atoms with van der Waals surface area (Å²) in [6.45, 7) is 3.79. The molecule has 2 saturated heterocycles. The Morgan fingerprint density at radius 3 is 2.35 bits per heavy atom. The van der Waals surface area contributed by atoms with Crippen molar-refractivity contribution in [2.45, 2.75) is 41.6 Å². The molecule has 1 saturated carbocycles. The molecule has 14 heteroatoms. The van der Waals surface area contributed by atoms with Crippen LogP contribution in [0.5, 0.6) is 0 Å². The van der Waals surface area contributed by atoms with Crippen LogP contribution >= 0.6 is 11.6 Å². The Hall–Kier alpha value is -2.09. The molecule has 206 valence electrons. The van der Waals surface area contributed by atoms with Gasteiger partial charge < -0.3 is 19.6 Å². The number of piperazine rings is 1. The Morgan fingerprint density at radius 1 is 1.19 bits per heavy atom. The molecule has 37 heavy (non-hydrogen) atoms. The number of halogens is 4. The summed E-state index contributed by atoms with van der Waals surface area (Å²) >= 11 is 6.37. The summed E-state index contributed by atoms with van der Waals surface area (Å²) in [6.07, 6.45) is -6.23. The predicted octanol–water partition coefficient (Wildman–Crippen LogP) is 2.28. The molecule has 9 nitrogen and oxygen atoms in total. The number of carboxylic acid groups (broad SMARTS) is 1. The van der Waals surface area contributed by atoms with E-state index in [0.717, 1.165) is 25.3 Å².